The number of carbonyl (C=O) groups excluding carboxylic acids is 1. The van der Waals surface area contributed by atoms with Crippen molar-refractivity contribution in [3.63, 3.8) is 0 Å². The molecule has 0 aromatic heterocycles. The highest BCUT2D eigenvalue weighted by Crippen LogP contribution is 2.67. The molecule has 4 rings (SSSR count). The summed E-state index contributed by atoms with van der Waals surface area (Å²) in [5.41, 5.74) is 2.26. The maximum absolute atomic E-state index is 12.9. The van der Waals surface area contributed by atoms with Crippen molar-refractivity contribution in [3.8, 4) is 12.1 Å². The lowest BCUT2D eigenvalue weighted by atomic mass is 9.47. The zero-order valence-electron chi connectivity index (χ0n) is 25.4. The van der Waals surface area contributed by atoms with Crippen molar-refractivity contribution in [2.24, 2.45) is 46.3 Å². The second-order valence-corrected chi connectivity index (χ2v) is 14.3. The molecule has 0 unspecified atom stereocenters. The number of hydrogen-bond donors (Lipinski definition) is 0. The van der Waals surface area contributed by atoms with Gasteiger partial charge in [0.2, 0.25) is 0 Å². The molecule has 0 aromatic carbocycles. The Hall–Kier alpha value is -2.01. The summed E-state index contributed by atoms with van der Waals surface area (Å²) < 4.78 is 5.98. The number of rotatable bonds is 10. The standard InChI is InChI=1S/C34H53N3O2/c1-24(2)9-6-10-25(3)29-13-14-30-28-12-11-26-23-27(39-32(38)37(21-7-19-35)22-8-20-36)15-17-33(26,4)31(28)16-18-34(29,30)5/h11,24-25,27-31H,6-10,12-18,21-23H2,1-5H3/t25-,27+,28-,29+,30-,31-,33+,34+/m1/s1. The van der Waals surface area contributed by atoms with Gasteiger partial charge in [0.05, 0.1) is 25.0 Å². The van der Waals surface area contributed by atoms with Crippen molar-refractivity contribution in [1.82, 2.24) is 4.90 Å². The Morgan fingerprint density at radius 2 is 1.74 bits per heavy atom. The van der Waals surface area contributed by atoms with Crippen molar-refractivity contribution in [2.75, 3.05) is 13.1 Å². The van der Waals surface area contributed by atoms with Crippen molar-refractivity contribution < 1.29 is 9.53 Å². The molecule has 0 heterocycles. The molecule has 0 N–H and O–H groups in total. The van der Waals surface area contributed by atoms with E-state index in [-0.39, 0.29) is 30.5 Å². The van der Waals surface area contributed by atoms with E-state index in [1.54, 1.807) is 0 Å². The van der Waals surface area contributed by atoms with Crippen LogP contribution in [0.1, 0.15) is 118 Å². The predicted molar refractivity (Wildman–Crippen MR) is 155 cm³/mol. The molecule has 3 saturated carbocycles. The molecule has 4 aliphatic carbocycles. The zero-order valence-corrected chi connectivity index (χ0v) is 25.4. The quantitative estimate of drug-likeness (QED) is 0.262. The summed E-state index contributed by atoms with van der Waals surface area (Å²) in [7, 11) is 0. The molecule has 1 amide bonds. The van der Waals surface area contributed by atoms with Crippen molar-refractivity contribution in [3.05, 3.63) is 11.6 Å². The summed E-state index contributed by atoms with van der Waals surface area (Å²) in [4.78, 5) is 14.4. The maximum Gasteiger partial charge on any atom is 0.410 e. The van der Waals surface area contributed by atoms with Crippen LogP contribution >= 0.6 is 0 Å². The number of ether oxygens (including phenoxy) is 1. The molecule has 0 bridgehead atoms. The van der Waals surface area contributed by atoms with E-state index in [1.165, 1.54) is 61.8 Å². The van der Waals surface area contributed by atoms with E-state index < -0.39 is 0 Å². The third kappa shape index (κ3) is 6.19. The average Bonchev–Trinajstić information content (AvgIpc) is 3.26. The second-order valence-electron chi connectivity index (χ2n) is 14.3. The fourth-order valence-electron chi connectivity index (χ4n) is 9.63. The number of nitriles is 2. The fourth-order valence-corrected chi connectivity index (χ4v) is 9.63. The normalized spacial score (nSPS) is 36.0. The summed E-state index contributed by atoms with van der Waals surface area (Å²) >= 11 is 0. The molecule has 0 spiro atoms. The highest BCUT2D eigenvalue weighted by Gasteiger charge is 2.59. The van der Waals surface area contributed by atoms with E-state index in [0.717, 1.165) is 54.8 Å². The number of allylic oxidation sites excluding steroid dienone is 1. The lowest BCUT2D eigenvalue weighted by Gasteiger charge is -2.58. The highest BCUT2D eigenvalue weighted by atomic mass is 16.6. The zero-order chi connectivity index (χ0) is 28.2. The molecule has 5 heteroatoms. The van der Waals surface area contributed by atoms with Gasteiger partial charge in [-0.05, 0) is 91.3 Å². The largest absolute Gasteiger partial charge is 0.446 e. The number of fused-ring (bicyclic) bond motifs is 5. The Morgan fingerprint density at radius 1 is 1.03 bits per heavy atom. The molecular formula is C34H53N3O2. The highest BCUT2D eigenvalue weighted by molar-refractivity contribution is 5.68. The monoisotopic (exact) mass is 535 g/mol. The van der Waals surface area contributed by atoms with Crippen LogP contribution in [-0.2, 0) is 4.74 Å². The topological polar surface area (TPSA) is 77.1 Å². The molecule has 216 valence electrons. The van der Waals surface area contributed by atoms with E-state index in [2.05, 4.69) is 52.8 Å². The van der Waals surface area contributed by atoms with Gasteiger partial charge >= 0.3 is 6.09 Å². The number of hydrogen-bond acceptors (Lipinski definition) is 4. The molecule has 4 aliphatic rings. The fraction of sp³-hybridized carbons (Fsp3) is 0.853. The Labute approximate surface area is 238 Å². The van der Waals surface area contributed by atoms with Crippen LogP contribution in [0.5, 0.6) is 0 Å². The second kappa shape index (κ2) is 12.7. The van der Waals surface area contributed by atoms with E-state index in [4.69, 9.17) is 15.3 Å². The molecule has 8 atom stereocenters. The Balaban J connectivity index is 1.40. The van der Waals surface area contributed by atoms with E-state index in [1.807, 2.05) is 0 Å². The van der Waals surface area contributed by atoms with Gasteiger partial charge in [0.1, 0.15) is 6.10 Å². The minimum Gasteiger partial charge on any atom is -0.446 e. The SMILES string of the molecule is CC(C)CCC[C@@H](C)[C@@H]1CC[C@@H]2[C@H]3CC=C4C[C@@H](OC(=O)N(CCC#N)CCC#N)CC[C@]4(C)[C@@H]3CC[C@]21C. The molecular weight excluding hydrogens is 482 g/mol. The molecule has 0 saturated heterocycles. The van der Waals surface area contributed by atoms with E-state index in [0.29, 0.717) is 18.5 Å². The summed E-state index contributed by atoms with van der Waals surface area (Å²) in [5.74, 6) is 4.95. The first-order valence-corrected chi connectivity index (χ1v) is 16.0. The number of carbonyl (C=O) groups is 1. The molecule has 39 heavy (non-hydrogen) atoms. The molecule has 3 fully saturated rings. The molecule has 0 aromatic rings. The number of amides is 1. The van der Waals surface area contributed by atoms with E-state index >= 15 is 0 Å². The van der Waals surface area contributed by atoms with Crippen molar-refractivity contribution >= 4 is 6.09 Å². The van der Waals surface area contributed by atoms with Gasteiger partial charge in [-0.15, -0.1) is 0 Å². The lowest BCUT2D eigenvalue weighted by Crippen LogP contribution is -2.51. The van der Waals surface area contributed by atoms with Gasteiger partial charge < -0.3 is 9.64 Å². The Morgan fingerprint density at radius 3 is 2.41 bits per heavy atom. The van der Waals surface area contributed by atoms with Crippen molar-refractivity contribution in [2.45, 2.75) is 124 Å². The van der Waals surface area contributed by atoms with E-state index in [9.17, 15) is 4.79 Å². The van der Waals surface area contributed by atoms with Gasteiger partial charge in [-0.1, -0.05) is 65.5 Å². The third-order valence-electron chi connectivity index (χ3n) is 11.8. The van der Waals surface area contributed by atoms with Gasteiger partial charge in [0, 0.05) is 19.5 Å². The smallest absolute Gasteiger partial charge is 0.410 e. The number of nitrogens with zero attached hydrogens (tertiary/aromatic N) is 3. The first-order valence-electron chi connectivity index (χ1n) is 16.0. The molecule has 0 radical (unpaired) electrons. The lowest BCUT2D eigenvalue weighted by molar-refractivity contribution is -0.0593. The minimum atomic E-state index is -0.365. The predicted octanol–water partition coefficient (Wildman–Crippen LogP) is 8.66. The summed E-state index contributed by atoms with van der Waals surface area (Å²) in [6, 6.07) is 4.20. The van der Waals surface area contributed by atoms with Gasteiger partial charge in [-0.2, -0.15) is 10.5 Å². The average molecular weight is 536 g/mol. The summed E-state index contributed by atoms with van der Waals surface area (Å²) in [6.45, 7) is 13.1. The van der Waals surface area contributed by atoms with Crippen LogP contribution in [0.15, 0.2) is 11.6 Å². The van der Waals surface area contributed by atoms with Crippen LogP contribution in [0, 0.1) is 69.0 Å². The van der Waals surface area contributed by atoms with Crippen LogP contribution < -0.4 is 0 Å². The van der Waals surface area contributed by atoms with Gasteiger partial charge in [0.15, 0.2) is 0 Å². The third-order valence-corrected chi connectivity index (χ3v) is 11.8. The maximum atomic E-state index is 12.9. The Bertz CT molecular complexity index is 958. The van der Waals surface area contributed by atoms with Gasteiger partial charge in [-0.25, -0.2) is 4.79 Å². The first-order chi connectivity index (χ1) is 18.6. The Kier molecular flexibility index (Phi) is 9.73. The van der Waals surface area contributed by atoms with Crippen LogP contribution in [0.2, 0.25) is 0 Å². The van der Waals surface area contributed by atoms with Crippen LogP contribution in [0.25, 0.3) is 0 Å². The van der Waals surface area contributed by atoms with Crippen LogP contribution in [0.3, 0.4) is 0 Å². The van der Waals surface area contributed by atoms with Crippen molar-refractivity contribution in [1.29, 1.82) is 10.5 Å². The minimum absolute atomic E-state index is 0.101. The van der Waals surface area contributed by atoms with Gasteiger partial charge in [-0.3, -0.25) is 0 Å². The molecule has 0 aliphatic heterocycles. The van der Waals surface area contributed by atoms with Crippen LogP contribution in [0.4, 0.5) is 4.79 Å². The summed E-state index contributed by atoms with van der Waals surface area (Å²) in [5, 5.41) is 17.9. The van der Waals surface area contributed by atoms with Crippen LogP contribution in [-0.4, -0.2) is 30.2 Å². The van der Waals surface area contributed by atoms with Gasteiger partial charge in [0.25, 0.3) is 0 Å². The summed E-state index contributed by atoms with van der Waals surface area (Å²) in [6.07, 6.45) is 16.3. The molecule has 5 nitrogen and oxygen atoms in total. The first kappa shape index (κ1) is 30.0.